The van der Waals surface area contributed by atoms with Gasteiger partial charge in [0, 0.05) is 37.9 Å². The molecule has 1 N–H and O–H groups in total. The van der Waals surface area contributed by atoms with Crippen molar-refractivity contribution >= 4 is 23.4 Å². The zero-order valence-corrected chi connectivity index (χ0v) is 11.5. The van der Waals surface area contributed by atoms with Crippen molar-refractivity contribution in [2.45, 2.75) is 25.8 Å². The van der Waals surface area contributed by atoms with Crippen LogP contribution >= 0.6 is 11.6 Å². The zero-order valence-electron chi connectivity index (χ0n) is 10.7. The van der Waals surface area contributed by atoms with E-state index in [-0.39, 0.29) is 17.9 Å². The molecule has 1 atom stereocenters. The van der Waals surface area contributed by atoms with E-state index in [0.717, 1.165) is 13.0 Å². The van der Waals surface area contributed by atoms with Crippen LogP contribution in [0, 0.1) is 0 Å². The van der Waals surface area contributed by atoms with E-state index >= 15 is 0 Å². The van der Waals surface area contributed by atoms with Crippen molar-refractivity contribution in [2.75, 3.05) is 13.1 Å². The first-order chi connectivity index (χ1) is 9.08. The van der Waals surface area contributed by atoms with Crippen LogP contribution in [0.5, 0.6) is 0 Å². The van der Waals surface area contributed by atoms with E-state index in [4.69, 9.17) is 11.6 Å². The van der Waals surface area contributed by atoms with Crippen LogP contribution in [0.25, 0.3) is 0 Å². The molecule has 2 heterocycles. The second-order valence-corrected chi connectivity index (χ2v) is 5.08. The summed E-state index contributed by atoms with van der Waals surface area (Å²) in [5.74, 6) is -0.113. The summed E-state index contributed by atoms with van der Waals surface area (Å²) in [5.41, 5.74) is 0.351. The topological polar surface area (TPSA) is 62.3 Å². The number of rotatable bonds is 4. The molecule has 2 rings (SSSR count). The third kappa shape index (κ3) is 3.44. The molecule has 0 saturated carbocycles. The number of hydrogen-bond donors (Lipinski definition) is 1. The van der Waals surface area contributed by atoms with Gasteiger partial charge in [0.25, 0.3) is 5.91 Å². The van der Waals surface area contributed by atoms with Gasteiger partial charge >= 0.3 is 0 Å². The Morgan fingerprint density at radius 2 is 2.42 bits per heavy atom. The SMILES string of the molecule is CC(CN1CCCC1=O)NC(=O)c1cnccc1Cl. The average molecular weight is 282 g/mol. The Morgan fingerprint density at radius 1 is 1.63 bits per heavy atom. The first-order valence-electron chi connectivity index (χ1n) is 6.26. The van der Waals surface area contributed by atoms with Crippen molar-refractivity contribution in [1.29, 1.82) is 0 Å². The molecule has 1 aliphatic rings. The van der Waals surface area contributed by atoms with Crippen LogP contribution in [0.3, 0.4) is 0 Å². The number of nitrogens with one attached hydrogen (secondary N) is 1. The number of nitrogens with zero attached hydrogens (tertiary/aromatic N) is 2. The van der Waals surface area contributed by atoms with Gasteiger partial charge in [-0.3, -0.25) is 14.6 Å². The molecule has 2 amide bonds. The van der Waals surface area contributed by atoms with Gasteiger partial charge in [0.05, 0.1) is 10.6 Å². The molecule has 0 bridgehead atoms. The van der Waals surface area contributed by atoms with Crippen LogP contribution in [-0.4, -0.2) is 40.8 Å². The van der Waals surface area contributed by atoms with Crippen LogP contribution < -0.4 is 5.32 Å². The van der Waals surface area contributed by atoms with Gasteiger partial charge < -0.3 is 10.2 Å². The summed E-state index contributed by atoms with van der Waals surface area (Å²) in [4.78, 5) is 29.1. The van der Waals surface area contributed by atoms with E-state index in [1.54, 1.807) is 11.0 Å². The van der Waals surface area contributed by atoms with E-state index in [0.29, 0.717) is 23.6 Å². The second-order valence-electron chi connectivity index (χ2n) is 4.67. The van der Waals surface area contributed by atoms with Gasteiger partial charge in [0.2, 0.25) is 5.91 Å². The van der Waals surface area contributed by atoms with E-state index < -0.39 is 0 Å². The fraction of sp³-hybridized carbons (Fsp3) is 0.462. The van der Waals surface area contributed by atoms with Crippen molar-refractivity contribution in [1.82, 2.24) is 15.2 Å². The Balaban J connectivity index is 1.92. The summed E-state index contributed by atoms with van der Waals surface area (Å²) in [6, 6.07) is 1.45. The first-order valence-corrected chi connectivity index (χ1v) is 6.64. The average Bonchev–Trinajstić information content (AvgIpc) is 2.75. The molecule has 1 fully saturated rings. The molecule has 1 aromatic rings. The second kappa shape index (κ2) is 6.02. The molecule has 0 radical (unpaired) electrons. The summed E-state index contributed by atoms with van der Waals surface area (Å²) < 4.78 is 0. The highest BCUT2D eigenvalue weighted by atomic mass is 35.5. The van der Waals surface area contributed by atoms with Gasteiger partial charge in [-0.2, -0.15) is 0 Å². The number of carbonyl (C=O) groups excluding carboxylic acids is 2. The van der Waals surface area contributed by atoms with E-state index in [1.165, 1.54) is 12.4 Å². The van der Waals surface area contributed by atoms with Gasteiger partial charge in [0.15, 0.2) is 0 Å². The lowest BCUT2D eigenvalue weighted by Gasteiger charge is -2.21. The van der Waals surface area contributed by atoms with Gasteiger partial charge in [-0.25, -0.2) is 0 Å². The smallest absolute Gasteiger partial charge is 0.254 e. The molecule has 0 spiro atoms. The predicted octanol–water partition coefficient (Wildman–Crippen LogP) is 1.48. The number of amides is 2. The summed E-state index contributed by atoms with van der Waals surface area (Å²) in [7, 11) is 0. The first kappa shape index (κ1) is 13.8. The molecule has 1 aromatic heterocycles. The molecule has 19 heavy (non-hydrogen) atoms. The van der Waals surface area contributed by atoms with E-state index in [9.17, 15) is 9.59 Å². The number of pyridine rings is 1. The van der Waals surface area contributed by atoms with E-state index in [1.807, 2.05) is 6.92 Å². The fourth-order valence-corrected chi connectivity index (χ4v) is 2.31. The highest BCUT2D eigenvalue weighted by molar-refractivity contribution is 6.33. The molecule has 102 valence electrons. The Bertz CT molecular complexity index is 493. The Hall–Kier alpha value is -1.62. The minimum absolute atomic E-state index is 0.120. The van der Waals surface area contributed by atoms with Crippen molar-refractivity contribution in [2.24, 2.45) is 0 Å². The molecule has 1 saturated heterocycles. The summed E-state index contributed by atoms with van der Waals surface area (Å²) in [5, 5.41) is 3.20. The maximum atomic E-state index is 12.0. The number of aromatic nitrogens is 1. The zero-order chi connectivity index (χ0) is 13.8. The summed E-state index contributed by atoms with van der Waals surface area (Å²) in [6.07, 6.45) is 4.47. The molecule has 0 aliphatic carbocycles. The molecular weight excluding hydrogens is 266 g/mol. The number of hydrogen-bond acceptors (Lipinski definition) is 3. The quantitative estimate of drug-likeness (QED) is 0.909. The number of carbonyl (C=O) groups is 2. The molecule has 1 unspecified atom stereocenters. The Kier molecular flexibility index (Phi) is 4.37. The highest BCUT2D eigenvalue weighted by Gasteiger charge is 2.22. The molecule has 0 aromatic carbocycles. The standard InChI is InChI=1S/C13H16ClN3O2/c1-9(8-17-6-2-3-12(17)18)16-13(19)10-7-15-5-4-11(10)14/h4-5,7,9H,2-3,6,8H2,1H3,(H,16,19). The molecule has 1 aliphatic heterocycles. The predicted molar refractivity (Wildman–Crippen MR) is 72.0 cm³/mol. The minimum Gasteiger partial charge on any atom is -0.348 e. The van der Waals surface area contributed by atoms with Crippen LogP contribution in [0.2, 0.25) is 5.02 Å². The third-order valence-corrected chi connectivity index (χ3v) is 3.39. The molecule has 6 heteroatoms. The maximum Gasteiger partial charge on any atom is 0.254 e. The normalized spacial score (nSPS) is 16.5. The number of likely N-dealkylation sites (tertiary alicyclic amines) is 1. The third-order valence-electron chi connectivity index (χ3n) is 3.06. The molecule has 5 nitrogen and oxygen atoms in total. The maximum absolute atomic E-state index is 12.0. The van der Waals surface area contributed by atoms with Crippen LogP contribution in [0.1, 0.15) is 30.1 Å². The van der Waals surface area contributed by atoms with E-state index in [2.05, 4.69) is 10.3 Å². The van der Waals surface area contributed by atoms with Crippen LogP contribution in [0.15, 0.2) is 18.5 Å². The number of halogens is 1. The fourth-order valence-electron chi connectivity index (χ4n) is 2.12. The van der Waals surface area contributed by atoms with Crippen molar-refractivity contribution in [3.63, 3.8) is 0 Å². The van der Waals surface area contributed by atoms with Crippen molar-refractivity contribution in [3.8, 4) is 0 Å². The minimum atomic E-state index is -0.266. The van der Waals surface area contributed by atoms with Crippen molar-refractivity contribution < 1.29 is 9.59 Å². The highest BCUT2D eigenvalue weighted by Crippen LogP contribution is 2.14. The Labute approximate surface area is 117 Å². The van der Waals surface area contributed by atoms with Crippen LogP contribution in [-0.2, 0) is 4.79 Å². The lowest BCUT2D eigenvalue weighted by Crippen LogP contribution is -2.42. The Morgan fingerprint density at radius 3 is 3.05 bits per heavy atom. The lowest BCUT2D eigenvalue weighted by molar-refractivity contribution is -0.127. The summed E-state index contributed by atoms with van der Waals surface area (Å²) in [6.45, 7) is 3.17. The van der Waals surface area contributed by atoms with Gasteiger partial charge in [-0.15, -0.1) is 0 Å². The summed E-state index contributed by atoms with van der Waals surface area (Å²) >= 11 is 5.93. The van der Waals surface area contributed by atoms with Gasteiger partial charge in [-0.1, -0.05) is 11.6 Å². The largest absolute Gasteiger partial charge is 0.348 e. The van der Waals surface area contributed by atoms with Crippen LogP contribution in [0.4, 0.5) is 0 Å². The van der Waals surface area contributed by atoms with Gasteiger partial charge in [-0.05, 0) is 19.4 Å². The monoisotopic (exact) mass is 281 g/mol. The van der Waals surface area contributed by atoms with Crippen molar-refractivity contribution in [3.05, 3.63) is 29.0 Å². The molecular formula is C13H16ClN3O2. The van der Waals surface area contributed by atoms with Gasteiger partial charge in [0.1, 0.15) is 0 Å². The lowest BCUT2D eigenvalue weighted by atomic mass is 10.2.